The van der Waals surface area contributed by atoms with Crippen LogP contribution in [0, 0.1) is 0 Å². The first-order chi connectivity index (χ1) is 28.9. The van der Waals surface area contributed by atoms with Gasteiger partial charge in [0, 0.05) is 6.61 Å². The molecule has 12 aliphatic rings. The summed E-state index contributed by atoms with van der Waals surface area (Å²) in [6.45, 7) is 12.3. The van der Waals surface area contributed by atoms with Gasteiger partial charge in [-0.1, -0.05) is 42.5 Å². The summed E-state index contributed by atoms with van der Waals surface area (Å²) in [6, 6.07) is 2.57. The summed E-state index contributed by atoms with van der Waals surface area (Å²) in [5.74, 6) is 6.27. The molecule has 4 N–H and O–H groups in total. The predicted molar refractivity (Wildman–Crippen MR) is 235 cm³/mol. The van der Waals surface area contributed by atoms with Crippen molar-refractivity contribution in [2.75, 3.05) is 33.0 Å². The van der Waals surface area contributed by atoms with Gasteiger partial charge in [0.2, 0.25) is 0 Å². The molecule has 0 radical (unpaired) electrons. The van der Waals surface area contributed by atoms with Crippen molar-refractivity contribution in [3.63, 3.8) is 0 Å². The third-order valence-electron chi connectivity index (χ3n) is 12.7. The number of fused-ring (bicyclic) bond motifs is 8. The van der Waals surface area contributed by atoms with Crippen LogP contribution >= 0.6 is 0 Å². The molecule has 0 saturated carbocycles. The van der Waals surface area contributed by atoms with Crippen LogP contribution in [0.1, 0.15) is 79.1 Å². The lowest BCUT2D eigenvalue weighted by atomic mass is 9.87. The van der Waals surface area contributed by atoms with Crippen molar-refractivity contribution in [2.45, 2.75) is 127 Å². The van der Waals surface area contributed by atoms with Crippen LogP contribution in [0.25, 0.3) is 0 Å². The van der Waals surface area contributed by atoms with E-state index in [0.29, 0.717) is 42.3 Å². The van der Waals surface area contributed by atoms with E-state index in [1.807, 2.05) is 33.8 Å². The second kappa shape index (κ2) is 17.7. The number of ether oxygens (including phenoxy) is 4. The minimum Gasteiger partial charge on any atom is -0.494 e. The van der Waals surface area contributed by atoms with Crippen LogP contribution in [0.5, 0.6) is 0 Å². The van der Waals surface area contributed by atoms with Gasteiger partial charge in [-0.3, -0.25) is 20.0 Å². The molecule has 0 fully saturated rings. The maximum Gasteiger partial charge on any atom is 0.134 e. The Morgan fingerprint density at radius 2 is 1.07 bits per heavy atom. The average molecular weight is 801 g/mol. The zero-order chi connectivity index (χ0) is 40.3. The average Bonchev–Trinajstić information content (AvgIpc) is 3.87. The van der Waals surface area contributed by atoms with Gasteiger partial charge >= 0.3 is 0 Å². The van der Waals surface area contributed by atoms with Gasteiger partial charge in [-0.2, -0.15) is 0 Å². The van der Waals surface area contributed by atoms with E-state index in [1.165, 1.54) is 39.9 Å². The molecule has 0 saturated heterocycles. The highest BCUT2D eigenvalue weighted by Gasteiger charge is 2.36. The molecule has 12 nitrogen and oxygen atoms in total. The molecular formula is C47H60N8O4. The van der Waals surface area contributed by atoms with E-state index in [2.05, 4.69) is 89.8 Å². The Kier molecular flexibility index (Phi) is 11.9. The van der Waals surface area contributed by atoms with Crippen molar-refractivity contribution >= 4 is 23.3 Å². The van der Waals surface area contributed by atoms with Crippen molar-refractivity contribution in [2.24, 2.45) is 20.0 Å². The Morgan fingerprint density at radius 3 is 1.78 bits per heavy atom. The summed E-state index contributed by atoms with van der Waals surface area (Å²) in [5, 5.41) is 13.5. The SMILES string of the molecule is CC1=NC2C3=C(C=CC2N1)CC=CO3.CC1=NC2C3=C(C=CC2N1)CCOCC3.CC1=NC2C3=C(C=CC2N1)COCCC3.CC1=NC2C3=C(C=CC2N1)OCCCC3. The molecule has 0 aromatic carbocycles. The highest BCUT2D eigenvalue weighted by atomic mass is 16.5. The van der Waals surface area contributed by atoms with Crippen LogP contribution in [0.4, 0.5) is 0 Å². The fourth-order valence-electron chi connectivity index (χ4n) is 9.91. The van der Waals surface area contributed by atoms with Crippen molar-refractivity contribution < 1.29 is 18.9 Å². The number of nitrogens with zero attached hydrogens (tertiary/aromatic N) is 4. The molecule has 8 aliphatic heterocycles. The summed E-state index contributed by atoms with van der Waals surface area (Å²) in [6.07, 6.45) is 30.2. The van der Waals surface area contributed by atoms with Crippen LogP contribution < -0.4 is 21.3 Å². The van der Waals surface area contributed by atoms with E-state index < -0.39 is 0 Å². The third kappa shape index (κ3) is 8.71. The first kappa shape index (κ1) is 39.5. The summed E-state index contributed by atoms with van der Waals surface area (Å²) in [5.41, 5.74) is 8.44. The molecular weight excluding hydrogens is 741 g/mol. The Bertz CT molecular complexity index is 1910. The van der Waals surface area contributed by atoms with E-state index in [-0.39, 0.29) is 6.04 Å². The zero-order valence-electron chi connectivity index (χ0n) is 35.0. The monoisotopic (exact) mass is 800 g/mol. The first-order valence-electron chi connectivity index (χ1n) is 21.8. The Morgan fingerprint density at radius 1 is 0.508 bits per heavy atom. The highest BCUT2D eigenvalue weighted by Crippen LogP contribution is 2.35. The number of allylic oxidation sites excluding steroid dienone is 5. The number of hydrogen-bond acceptors (Lipinski definition) is 12. The van der Waals surface area contributed by atoms with E-state index in [9.17, 15) is 0 Å². The quantitative estimate of drug-likeness (QED) is 0.231. The normalized spacial score (nSPS) is 33.7. The topological polar surface area (TPSA) is 134 Å². The van der Waals surface area contributed by atoms with E-state index >= 15 is 0 Å². The number of aliphatic imine (C=N–C) groups is 4. The standard InChI is InChI=1S/3C12H16N2O.C11H12N2O/c1-8-13-11-3-2-9-4-6-15-7-5-10(9)12(11)14-8;1-8-13-11-5-4-9-7-15-6-2-3-10(9)12(11)14-8;1-8-13-10-5-6-11-9(12(10)14-8)4-2-3-7-15-11;1-7-12-9-5-4-8-3-2-6-14-11(8)10(9)13-7/h2-3,11-12H,4-7H2,1H3,(H,13,14);4-5,11-12H,2-3,6-7H2,1H3,(H,13,14);5-6,10,12H,2-4,7H2,1H3,(H,13,14);2,4-6,9-10H,3H2,1H3,(H,12,13). The van der Waals surface area contributed by atoms with Gasteiger partial charge in [0.1, 0.15) is 23.6 Å². The van der Waals surface area contributed by atoms with Crippen LogP contribution in [-0.2, 0) is 18.9 Å². The van der Waals surface area contributed by atoms with Gasteiger partial charge in [0.05, 0.1) is 92.3 Å². The van der Waals surface area contributed by atoms with E-state index in [1.54, 1.807) is 6.26 Å². The number of rotatable bonds is 0. The molecule has 12 heteroatoms. The molecule has 8 heterocycles. The van der Waals surface area contributed by atoms with Crippen LogP contribution in [0.3, 0.4) is 0 Å². The largest absolute Gasteiger partial charge is 0.494 e. The minimum absolute atomic E-state index is 0.153. The van der Waals surface area contributed by atoms with Crippen LogP contribution in [-0.4, -0.2) is 105 Å². The van der Waals surface area contributed by atoms with Crippen LogP contribution in [0.15, 0.2) is 126 Å². The summed E-state index contributed by atoms with van der Waals surface area (Å²) in [4.78, 5) is 18.5. The van der Waals surface area contributed by atoms with Gasteiger partial charge in [0.25, 0.3) is 0 Å². The number of nitrogens with one attached hydrogen (secondary N) is 4. The molecule has 12 rings (SSSR count). The number of amidine groups is 4. The molecule has 8 atom stereocenters. The fourth-order valence-corrected chi connectivity index (χ4v) is 9.91. The molecule has 8 unspecified atom stereocenters. The highest BCUT2D eigenvalue weighted by molar-refractivity contribution is 5.85. The zero-order valence-corrected chi connectivity index (χ0v) is 35.0. The molecule has 59 heavy (non-hydrogen) atoms. The van der Waals surface area contributed by atoms with Gasteiger partial charge in [-0.25, -0.2) is 0 Å². The molecule has 312 valence electrons. The maximum absolute atomic E-state index is 5.75. The summed E-state index contributed by atoms with van der Waals surface area (Å²) in [7, 11) is 0. The second-order valence-electron chi connectivity index (χ2n) is 16.9. The Labute approximate surface area is 349 Å². The molecule has 0 amide bonds. The maximum atomic E-state index is 5.75. The van der Waals surface area contributed by atoms with Gasteiger partial charge in [0.15, 0.2) is 0 Å². The molecule has 0 bridgehead atoms. The summed E-state index contributed by atoms with van der Waals surface area (Å²) >= 11 is 0. The predicted octanol–water partition coefficient (Wildman–Crippen LogP) is 6.12. The second-order valence-corrected chi connectivity index (χ2v) is 16.9. The van der Waals surface area contributed by atoms with Crippen molar-refractivity contribution in [1.29, 1.82) is 0 Å². The van der Waals surface area contributed by atoms with Crippen molar-refractivity contribution in [1.82, 2.24) is 21.3 Å². The lowest BCUT2D eigenvalue weighted by Crippen LogP contribution is -2.35. The van der Waals surface area contributed by atoms with Gasteiger partial charge < -0.3 is 40.2 Å². The Hall–Kier alpha value is -4.94. The van der Waals surface area contributed by atoms with Gasteiger partial charge in [-0.05, 0) is 125 Å². The van der Waals surface area contributed by atoms with Gasteiger partial charge in [-0.15, -0.1) is 0 Å². The number of hydrogen-bond donors (Lipinski definition) is 4. The minimum atomic E-state index is 0.153. The summed E-state index contributed by atoms with van der Waals surface area (Å²) < 4.78 is 22.4. The lowest BCUT2D eigenvalue weighted by Gasteiger charge is -2.25. The van der Waals surface area contributed by atoms with E-state index in [0.717, 1.165) is 113 Å². The van der Waals surface area contributed by atoms with Crippen LogP contribution in [0.2, 0.25) is 0 Å². The first-order valence-corrected chi connectivity index (χ1v) is 21.8. The molecule has 0 spiro atoms. The molecule has 4 aliphatic carbocycles. The van der Waals surface area contributed by atoms with Crippen molar-refractivity contribution in [3.8, 4) is 0 Å². The smallest absolute Gasteiger partial charge is 0.134 e. The fraction of sp³-hybridized carbons (Fsp3) is 0.532. The molecule has 0 aromatic heterocycles. The third-order valence-corrected chi connectivity index (χ3v) is 12.7. The Balaban J connectivity index is 0.000000101. The van der Waals surface area contributed by atoms with E-state index in [4.69, 9.17) is 18.9 Å². The molecule has 0 aromatic rings. The van der Waals surface area contributed by atoms with Crippen molar-refractivity contribution in [3.05, 3.63) is 106 Å². The lowest BCUT2D eigenvalue weighted by molar-refractivity contribution is 0.146.